The Kier molecular flexibility index (Phi) is 4.70. The fraction of sp³-hybridized carbons (Fsp3) is 0.350. The van der Waals surface area contributed by atoms with Crippen molar-refractivity contribution >= 4 is 44.9 Å². The van der Waals surface area contributed by atoms with Gasteiger partial charge in [-0.15, -0.1) is 0 Å². The van der Waals surface area contributed by atoms with Gasteiger partial charge in [-0.1, -0.05) is 30.2 Å². The number of nitrogens with zero attached hydrogens (tertiary/aromatic N) is 2. The van der Waals surface area contributed by atoms with E-state index in [1.54, 1.807) is 11.8 Å². The molecule has 4 rings (SSSR count). The van der Waals surface area contributed by atoms with Crippen molar-refractivity contribution in [1.82, 2.24) is 9.97 Å². The molecule has 2 heterocycles. The number of benzene rings is 1. The molecular weight excluding hydrogens is 360 g/mol. The van der Waals surface area contributed by atoms with E-state index in [2.05, 4.69) is 15.3 Å². The van der Waals surface area contributed by atoms with Crippen LogP contribution in [-0.4, -0.2) is 27.8 Å². The molecule has 1 aromatic carbocycles. The first-order valence-electron chi connectivity index (χ1n) is 9.18. The Morgan fingerprint density at radius 3 is 2.78 bits per heavy atom. The molecule has 1 aliphatic carbocycles. The summed E-state index contributed by atoms with van der Waals surface area (Å²) in [6, 6.07) is 7.93. The third kappa shape index (κ3) is 3.47. The SMILES string of the molecule is CC(=O)N(c1nc(C)c(C(=O)Nc2ccc3cc[nH]c3c2)s1)C1CCCC1. The average Bonchev–Trinajstić information content (AvgIpc) is 3.35. The third-order valence-corrected chi connectivity index (χ3v) is 6.20. The first-order valence-corrected chi connectivity index (χ1v) is 10.0. The zero-order valence-electron chi connectivity index (χ0n) is 15.4. The molecule has 2 amide bonds. The molecule has 1 aliphatic rings. The Hall–Kier alpha value is -2.67. The zero-order valence-corrected chi connectivity index (χ0v) is 16.2. The number of amides is 2. The molecule has 0 radical (unpaired) electrons. The van der Waals surface area contributed by atoms with Gasteiger partial charge in [-0.25, -0.2) is 4.98 Å². The third-order valence-electron chi connectivity index (χ3n) is 5.04. The highest BCUT2D eigenvalue weighted by atomic mass is 32.1. The number of H-pyrrole nitrogens is 1. The van der Waals surface area contributed by atoms with E-state index < -0.39 is 0 Å². The predicted molar refractivity (Wildman–Crippen MR) is 109 cm³/mol. The molecule has 0 aliphatic heterocycles. The van der Waals surface area contributed by atoms with E-state index in [1.165, 1.54) is 11.3 Å². The van der Waals surface area contributed by atoms with Crippen LogP contribution in [0.15, 0.2) is 30.5 Å². The van der Waals surface area contributed by atoms with Gasteiger partial charge in [-0.2, -0.15) is 0 Å². The van der Waals surface area contributed by atoms with Gasteiger partial charge >= 0.3 is 0 Å². The highest BCUT2D eigenvalue weighted by Gasteiger charge is 2.29. The van der Waals surface area contributed by atoms with Crippen LogP contribution in [0.5, 0.6) is 0 Å². The number of rotatable bonds is 4. The van der Waals surface area contributed by atoms with Gasteiger partial charge in [0.15, 0.2) is 5.13 Å². The maximum atomic E-state index is 12.8. The molecule has 0 atom stereocenters. The molecule has 0 spiro atoms. The molecule has 7 heteroatoms. The summed E-state index contributed by atoms with van der Waals surface area (Å²) in [4.78, 5) is 35.0. The van der Waals surface area contributed by atoms with Gasteiger partial charge in [0.05, 0.1) is 5.69 Å². The Labute approximate surface area is 161 Å². The number of aryl methyl sites for hydroxylation is 1. The molecule has 1 fully saturated rings. The minimum Gasteiger partial charge on any atom is -0.361 e. The van der Waals surface area contributed by atoms with Crippen LogP contribution in [0.25, 0.3) is 10.9 Å². The van der Waals surface area contributed by atoms with Crippen LogP contribution < -0.4 is 10.2 Å². The number of fused-ring (bicyclic) bond motifs is 1. The second-order valence-corrected chi connectivity index (χ2v) is 7.95. The Balaban J connectivity index is 1.57. The lowest BCUT2D eigenvalue weighted by Gasteiger charge is -2.24. The van der Waals surface area contributed by atoms with Crippen molar-refractivity contribution in [2.45, 2.75) is 45.6 Å². The second kappa shape index (κ2) is 7.15. The van der Waals surface area contributed by atoms with E-state index >= 15 is 0 Å². The monoisotopic (exact) mass is 382 g/mol. The summed E-state index contributed by atoms with van der Waals surface area (Å²) in [6.07, 6.45) is 6.13. The molecule has 140 valence electrons. The fourth-order valence-corrected chi connectivity index (χ4v) is 4.80. The average molecular weight is 382 g/mol. The summed E-state index contributed by atoms with van der Waals surface area (Å²) in [5, 5.41) is 4.66. The van der Waals surface area contributed by atoms with E-state index in [0.717, 1.165) is 42.3 Å². The summed E-state index contributed by atoms with van der Waals surface area (Å²) in [5.41, 5.74) is 2.35. The van der Waals surface area contributed by atoms with Crippen LogP contribution >= 0.6 is 11.3 Å². The summed E-state index contributed by atoms with van der Waals surface area (Å²) in [5.74, 6) is -0.211. The topological polar surface area (TPSA) is 78.1 Å². The van der Waals surface area contributed by atoms with Crippen molar-refractivity contribution in [3.05, 3.63) is 41.0 Å². The zero-order chi connectivity index (χ0) is 19.0. The molecule has 2 aromatic heterocycles. The summed E-state index contributed by atoms with van der Waals surface area (Å²) in [6.45, 7) is 3.39. The number of hydrogen-bond acceptors (Lipinski definition) is 4. The molecule has 0 bridgehead atoms. The standard InChI is InChI=1S/C20H22N4O2S/c1-12-18(19(26)23-15-8-7-14-9-10-21-17(14)11-15)27-20(22-12)24(13(2)25)16-5-3-4-6-16/h7-11,16,21H,3-6H2,1-2H3,(H,23,26). The van der Waals surface area contributed by atoms with E-state index in [9.17, 15) is 9.59 Å². The molecule has 27 heavy (non-hydrogen) atoms. The van der Waals surface area contributed by atoms with Crippen LogP contribution in [0, 0.1) is 6.92 Å². The molecular formula is C20H22N4O2S. The highest BCUT2D eigenvalue weighted by molar-refractivity contribution is 7.18. The van der Waals surface area contributed by atoms with Gasteiger partial charge in [0.25, 0.3) is 5.91 Å². The van der Waals surface area contributed by atoms with Crippen molar-refractivity contribution in [2.24, 2.45) is 0 Å². The van der Waals surface area contributed by atoms with Gasteiger partial charge in [-0.3, -0.25) is 14.5 Å². The van der Waals surface area contributed by atoms with Crippen LogP contribution in [0.1, 0.15) is 48.0 Å². The number of thiazole rings is 1. The molecule has 2 N–H and O–H groups in total. The number of anilines is 2. The van der Waals surface area contributed by atoms with Gasteiger partial charge in [0.2, 0.25) is 5.91 Å². The Morgan fingerprint density at radius 2 is 2.04 bits per heavy atom. The molecule has 6 nitrogen and oxygen atoms in total. The van der Waals surface area contributed by atoms with Gasteiger partial charge in [0.1, 0.15) is 4.88 Å². The smallest absolute Gasteiger partial charge is 0.267 e. The maximum absolute atomic E-state index is 12.8. The largest absolute Gasteiger partial charge is 0.361 e. The molecule has 0 saturated heterocycles. The van der Waals surface area contributed by atoms with Crippen LogP contribution in [0.3, 0.4) is 0 Å². The number of hydrogen-bond donors (Lipinski definition) is 2. The van der Waals surface area contributed by atoms with Gasteiger partial charge < -0.3 is 10.3 Å². The predicted octanol–water partition coefficient (Wildman–Crippen LogP) is 4.48. The van der Waals surface area contributed by atoms with Crippen molar-refractivity contribution in [2.75, 3.05) is 10.2 Å². The lowest BCUT2D eigenvalue weighted by Crippen LogP contribution is -2.37. The summed E-state index contributed by atoms with van der Waals surface area (Å²) in [7, 11) is 0. The highest BCUT2D eigenvalue weighted by Crippen LogP contribution is 2.33. The Morgan fingerprint density at radius 1 is 1.26 bits per heavy atom. The summed E-state index contributed by atoms with van der Waals surface area (Å²) >= 11 is 1.29. The lowest BCUT2D eigenvalue weighted by molar-refractivity contribution is -0.117. The lowest BCUT2D eigenvalue weighted by atomic mass is 10.2. The normalized spacial score (nSPS) is 14.6. The number of carbonyl (C=O) groups excluding carboxylic acids is 2. The number of aromatic amines is 1. The van der Waals surface area contributed by atoms with E-state index in [4.69, 9.17) is 0 Å². The van der Waals surface area contributed by atoms with E-state index in [0.29, 0.717) is 15.7 Å². The second-order valence-electron chi connectivity index (χ2n) is 6.97. The van der Waals surface area contributed by atoms with E-state index in [-0.39, 0.29) is 17.9 Å². The quantitative estimate of drug-likeness (QED) is 0.698. The minimum absolute atomic E-state index is 0.0141. The fourth-order valence-electron chi connectivity index (χ4n) is 3.72. The number of carbonyl (C=O) groups is 2. The van der Waals surface area contributed by atoms with Gasteiger partial charge in [0, 0.05) is 30.4 Å². The first kappa shape index (κ1) is 17.7. The van der Waals surface area contributed by atoms with Crippen molar-refractivity contribution in [1.29, 1.82) is 0 Å². The van der Waals surface area contributed by atoms with Crippen molar-refractivity contribution in [3.8, 4) is 0 Å². The Bertz CT molecular complexity index is 1000. The number of nitrogens with one attached hydrogen (secondary N) is 2. The molecule has 1 saturated carbocycles. The maximum Gasteiger partial charge on any atom is 0.267 e. The minimum atomic E-state index is -0.197. The van der Waals surface area contributed by atoms with Crippen molar-refractivity contribution < 1.29 is 9.59 Å². The number of aromatic nitrogens is 2. The van der Waals surface area contributed by atoms with Crippen LogP contribution in [-0.2, 0) is 4.79 Å². The summed E-state index contributed by atoms with van der Waals surface area (Å²) < 4.78 is 0. The molecule has 3 aromatic rings. The van der Waals surface area contributed by atoms with Gasteiger partial charge in [-0.05, 0) is 43.4 Å². The van der Waals surface area contributed by atoms with E-state index in [1.807, 2.05) is 37.4 Å². The van der Waals surface area contributed by atoms with Crippen LogP contribution in [0.4, 0.5) is 10.8 Å². The first-order chi connectivity index (χ1) is 13.0. The van der Waals surface area contributed by atoms with Crippen LogP contribution in [0.2, 0.25) is 0 Å². The molecule has 0 unspecified atom stereocenters. The van der Waals surface area contributed by atoms with Crippen molar-refractivity contribution in [3.63, 3.8) is 0 Å².